The first kappa shape index (κ1) is 11.5. The molecule has 0 radical (unpaired) electrons. The van der Waals surface area contributed by atoms with Gasteiger partial charge in [-0.3, -0.25) is 14.4 Å². The quantitative estimate of drug-likeness (QED) is 0.710. The number of aromatic amines is 1. The number of amides is 1. The van der Waals surface area contributed by atoms with Crippen LogP contribution in [0.1, 0.15) is 31.1 Å². The van der Waals surface area contributed by atoms with Gasteiger partial charge in [-0.2, -0.15) is 0 Å². The van der Waals surface area contributed by atoms with Gasteiger partial charge in [-0.25, -0.2) is 5.48 Å². The third-order valence-corrected chi connectivity index (χ3v) is 1.52. The molecule has 5 nitrogen and oxygen atoms in total. The summed E-state index contributed by atoms with van der Waals surface area (Å²) in [5, 5.41) is 0. The molecule has 0 saturated heterocycles. The SMILES string of the molecule is CC(C)(C)ONC(=O)c1c[nH]ccc1=O. The van der Waals surface area contributed by atoms with E-state index in [0.717, 1.165) is 0 Å². The number of H-pyrrole nitrogens is 1. The van der Waals surface area contributed by atoms with E-state index in [2.05, 4.69) is 10.5 Å². The largest absolute Gasteiger partial charge is 0.367 e. The molecule has 5 heteroatoms. The van der Waals surface area contributed by atoms with Gasteiger partial charge < -0.3 is 4.98 Å². The van der Waals surface area contributed by atoms with Gasteiger partial charge in [-0.05, 0) is 20.8 Å². The van der Waals surface area contributed by atoms with Crippen molar-refractivity contribution in [3.05, 3.63) is 34.2 Å². The molecule has 1 heterocycles. The maximum absolute atomic E-state index is 11.5. The summed E-state index contributed by atoms with van der Waals surface area (Å²) in [6.07, 6.45) is 2.80. The zero-order chi connectivity index (χ0) is 11.5. The highest BCUT2D eigenvalue weighted by atomic mass is 16.7. The number of carbonyl (C=O) groups excluding carboxylic acids is 1. The Morgan fingerprint density at radius 1 is 1.47 bits per heavy atom. The fraction of sp³-hybridized carbons (Fsp3) is 0.400. The standard InChI is InChI=1S/C10H14N2O3/c1-10(2,3)15-12-9(14)7-6-11-5-4-8(7)13/h4-6H,1-3H3,(H,11,13)(H,12,14). The molecule has 0 bridgehead atoms. The van der Waals surface area contributed by atoms with Crippen LogP contribution >= 0.6 is 0 Å². The highest BCUT2D eigenvalue weighted by molar-refractivity contribution is 5.92. The molecule has 0 fully saturated rings. The Morgan fingerprint density at radius 3 is 2.67 bits per heavy atom. The van der Waals surface area contributed by atoms with Crippen LogP contribution in [-0.4, -0.2) is 16.5 Å². The topological polar surface area (TPSA) is 71.2 Å². The van der Waals surface area contributed by atoms with Crippen LogP contribution in [0.15, 0.2) is 23.3 Å². The second-order valence-corrected chi connectivity index (χ2v) is 4.07. The Balaban J connectivity index is 2.71. The number of rotatable bonds is 2. The van der Waals surface area contributed by atoms with Gasteiger partial charge in [0.05, 0.1) is 5.60 Å². The molecule has 1 rings (SSSR count). The lowest BCUT2D eigenvalue weighted by Gasteiger charge is -2.18. The van der Waals surface area contributed by atoms with Crippen LogP contribution < -0.4 is 10.9 Å². The summed E-state index contributed by atoms with van der Waals surface area (Å²) in [7, 11) is 0. The smallest absolute Gasteiger partial charge is 0.280 e. The van der Waals surface area contributed by atoms with Crippen molar-refractivity contribution in [2.75, 3.05) is 0 Å². The van der Waals surface area contributed by atoms with Crippen molar-refractivity contribution < 1.29 is 9.63 Å². The van der Waals surface area contributed by atoms with Gasteiger partial charge in [0.2, 0.25) is 0 Å². The highest BCUT2D eigenvalue weighted by Crippen LogP contribution is 2.03. The Bertz CT molecular complexity index is 404. The van der Waals surface area contributed by atoms with Gasteiger partial charge in [0.15, 0.2) is 5.43 Å². The monoisotopic (exact) mass is 210 g/mol. The van der Waals surface area contributed by atoms with Crippen LogP contribution in [0.25, 0.3) is 0 Å². The van der Waals surface area contributed by atoms with Crippen LogP contribution in [0, 0.1) is 0 Å². The Labute approximate surface area is 87.4 Å². The summed E-state index contributed by atoms with van der Waals surface area (Å²) < 4.78 is 0. The summed E-state index contributed by atoms with van der Waals surface area (Å²) in [4.78, 5) is 30.4. The molecule has 0 aliphatic carbocycles. The lowest BCUT2D eigenvalue weighted by Crippen LogP contribution is -2.35. The maximum atomic E-state index is 11.5. The summed E-state index contributed by atoms with van der Waals surface area (Å²) in [6.45, 7) is 5.38. The molecule has 0 aliphatic heterocycles. The summed E-state index contributed by atoms with van der Waals surface area (Å²) in [5.74, 6) is -0.549. The zero-order valence-electron chi connectivity index (χ0n) is 8.96. The minimum absolute atomic E-state index is 0.0294. The number of hydroxylamine groups is 1. The predicted molar refractivity (Wildman–Crippen MR) is 55.4 cm³/mol. The van der Waals surface area contributed by atoms with Gasteiger partial charge in [-0.15, -0.1) is 0 Å². The van der Waals surface area contributed by atoms with Gasteiger partial charge in [0.1, 0.15) is 5.56 Å². The molecule has 0 spiro atoms. The van der Waals surface area contributed by atoms with Crippen LogP contribution in [0.4, 0.5) is 0 Å². The van der Waals surface area contributed by atoms with Gasteiger partial charge in [-0.1, -0.05) is 0 Å². The van der Waals surface area contributed by atoms with Crippen molar-refractivity contribution in [1.82, 2.24) is 10.5 Å². The van der Waals surface area contributed by atoms with E-state index in [0.29, 0.717) is 0 Å². The maximum Gasteiger partial charge on any atom is 0.280 e. The van der Waals surface area contributed by atoms with Gasteiger partial charge >= 0.3 is 0 Å². The molecule has 0 unspecified atom stereocenters. The number of carbonyl (C=O) groups is 1. The second kappa shape index (κ2) is 4.27. The number of pyridine rings is 1. The van der Waals surface area contributed by atoms with Crippen molar-refractivity contribution in [2.45, 2.75) is 26.4 Å². The summed E-state index contributed by atoms with van der Waals surface area (Å²) in [5.41, 5.74) is 1.42. The lowest BCUT2D eigenvalue weighted by molar-refractivity contribution is -0.0590. The molecule has 0 aromatic carbocycles. The van der Waals surface area contributed by atoms with Crippen molar-refractivity contribution in [3.63, 3.8) is 0 Å². The van der Waals surface area contributed by atoms with Crippen molar-refractivity contribution in [3.8, 4) is 0 Å². The summed E-state index contributed by atoms with van der Waals surface area (Å²) >= 11 is 0. The minimum atomic E-state index is -0.549. The van der Waals surface area contributed by atoms with E-state index in [4.69, 9.17) is 4.84 Å². The van der Waals surface area contributed by atoms with Crippen molar-refractivity contribution in [1.29, 1.82) is 0 Å². The Morgan fingerprint density at radius 2 is 2.13 bits per heavy atom. The minimum Gasteiger partial charge on any atom is -0.367 e. The van der Waals surface area contributed by atoms with Gasteiger partial charge in [0.25, 0.3) is 5.91 Å². The number of nitrogens with one attached hydrogen (secondary N) is 2. The molecule has 0 saturated carbocycles. The molecule has 1 aromatic rings. The van der Waals surface area contributed by atoms with E-state index in [1.54, 1.807) is 20.8 Å². The molecule has 1 aromatic heterocycles. The van der Waals surface area contributed by atoms with E-state index in [-0.39, 0.29) is 11.0 Å². The Kier molecular flexibility index (Phi) is 3.26. The van der Waals surface area contributed by atoms with Gasteiger partial charge in [0, 0.05) is 18.5 Å². The van der Waals surface area contributed by atoms with E-state index < -0.39 is 11.5 Å². The third kappa shape index (κ3) is 3.55. The molecule has 0 aliphatic rings. The number of hydrogen-bond donors (Lipinski definition) is 2. The number of hydrogen-bond acceptors (Lipinski definition) is 3. The molecule has 0 atom stereocenters. The predicted octanol–water partition coefficient (Wildman–Crippen LogP) is 0.835. The van der Waals surface area contributed by atoms with E-state index in [1.165, 1.54) is 18.5 Å². The van der Waals surface area contributed by atoms with Crippen LogP contribution in [0.5, 0.6) is 0 Å². The van der Waals surface area contributed by atoms with Crippen LogP contribution in [-0.2, 0) is 4.84 Å². The van der Waals surface area contributed by atoms with Crippen LogP contribution in [0.2, 0.25) is 0 Å². The van der Waals surface area contributed by atoms with E-state index in [1.807, 2.05) is 0 Å². The highest BCUT2D eigenvalue weighted by Gasteiger charge is 2.15. The lowest BCUT2D eigenvalue weighted by atomic mass is 10.2. The average Bonchev–Trinajstić information content (AvgIpc) is 2.14. The first-order valence-electron chi connectivity index (χ1n) is 4.55. The van der Waals surface area contributed by atoms with E-state index in [9.17, 15) is 9.59 Å². The fourth-order valence-electron chi connectivity index (χ4n) is 0.848. The third-order valence-electron chi connectivity index (χ3n) is 1.52. The molecule has 15 heavy (non-hydrogen) atoms. The molecule has 2 N–H and O–H groups in total. The van der Waals surface area contributed by atoms with Crippen molar-refractivity contribution in [2.24, 2.45) is 0 Å². The first-order valence-corrected chi connectivity index (χ1v) is 4.55. The van der Waals surface area contributed by atoms with E-state index >= 15 is 0 Å². The molecular weight excluding hydrogens is 196 g/mol. The molecule has 1 amide bonds. The summed E-state index contributed by atoms with van der Waals surface area (Å²) in [6, 6.07) is 1.28. The second-order valence-electron chi connectivity index (χ2n) is 4.07. The average molecular weight is 210 g/mol. The molecular formula is C10H14N2O3. The van der Waals surface area contributed by atoms with Crippen molar-refractivity contribution >= 4 is 5.91 Å². The molecule has 82 valence electrons. The normalized spacial score (nSPS) is 11.1. The first-order chi connectivity index (χ1) is 6.90. The Hall–Kier alpha value is -1.62. The fourth-order valence-corrected chi connectivity index (χ4v) is 0.848. The van der Waals surface area contributed by atoms with Crippen LogP contribution in [0.3, 0.4) is 0 Å². The number of aromatic nitrogens is 1. The zero-order valence-corrected chi connectivity index (χ0v) is 8.96.